The molecule has 0 aliphatic carbocycles. The van der Waals surface area contributed by atoms with Crippen molar-refractivity contribution in [3.05, 3.63) is 50.7 Å². The van der Waals surface area contributed by atoms with Crippen LogP contribution in [0.15, 0.2) is 24.3 Å². The van der Waals surface area contributed by atoms with Crippen LogP contribution < -0.4 is 5.32 Å². The van der Waals surface area contributed by atoms with Crippen molar-refractivity contribution in [3.8, 4) is 0 Å². The number of hydrogen-bond donors (Lipinski definition) is 1. The molecule has 1 N–H and O–H groups in total. The zero-order valence-corrected chi connectivity index (χ0v) is 14.0. The first-order valence-corrected chi connectivity index (χ1v) is 7.79. The van der Waals surface area contributed by atoms with E-state index in [1.54, 1.807) is 6.07 Å². The fraction of sp³-hybridized carbons (Fsp3) is 0.294. The molecule has 0 radical (unpaired) electrons. The maximum Gasteiger partial charge on any atom is 0.348 e. The highest BCUT2D eigenvalue weighted by Gasteiger charge is 2.13. The lowest BCUT2D eigenvalue weighted by Gasteiger charge is -2.12. The van der Waals surface area contributed by atoms with Crippen molar-refractivity contribution in [2.45, 2.75) is 27.7 Å². The number of amides is 1. The lowest BCUT2D eigenvalue weighted by molar-refractivity contribution is -0.119. The summed E-state index contributed by atoms with van der Waals surface area (Å²) in [5.74, 6) is -0.803. The second-order valence-corrected chi connectivity index (χ2v) is 6.60. The summed E-state index contributed by atoms with van der Waals surface area (Å²) in [7, 11) is 0. The molecule has 2 aromatic rings. The quantitative estimate of drug-likeness (QED) is 0.873. The Morgan fingerprint density at radius 3 is 2.27 bits per heavy atom. The van der Waals surface area contributed by atoms with Gasteiger partial charge in [-0.25, -0.2) is 4.79 Å². The first-order chi connectivity index (χ1) is 10.4. The fourth-order valence-corrected chi connectivity index (χ4v) is 3.06. The van der Waals surface area contributed by atoms with Gasteiger partial charge < -0.3 is 10.1 Å². The van der Waals surface area contributed by atoms with E-state index in [4.69, 9.17) is 4.74 Å². The Kier molecular flexibility index (Phi) is 4.98. The smallest absolute Gasteiger partial charge is 0.348 e. The van der Waals surface area contributed by atoms with E-state index in [-0.39, 0.29) is 12.5 Å². The number of carbonyl (C=O) groups is 2. The molecule has 4 nitrogen and oxygen atoms in total. The molecule has 5 heteroatoms. The fourth-order valence-electron chi connectivity index (χ4n) is 2.30. The highest BCUT2D eigenvalue weighted by molar-refractivity contribution is 7.13. The molecule has 0 saturated carbocycles. The van der Waals surface area contributed by atoms with Crippen molar-refractivity contribution in [2.75, 3.05) is 11.9 Å². The van der Waals surface area contributed by atoms with E-state index in [0.29, 0.717) is 4.88 Å². The Hall–Kier alpha value is -2.14. The number of esters is 1. The summed E-state index contributed by atoms with van der Waals surface area (Å²) in [6, 6.07) is 7.56. The van der Waals surface area contributed by atoms with E-state index < -0.39 is 5.97 Å². The predicted octanol–water partition coefficient (Wildman–Crippen LogP) is 3.78. The summed E-state index contributed by atoms with van der Waals surface area (Å²) in [4.78, 5) is 25.3. The highest BCUT2D eigenvalue weighted by Crippen LogP contribution is 2.22. The van der Waals surface area contributed by atoms with Gasteiger partial charge in [-0.1, -0.05) is 17.7 Å². The Bertz CT molecular complexity index is 695. The van der Waals surface area contributed by atoms with Crippen molar-refractivity contribution < 1.29 is 14.3 Å². The summed E-state index contributed by atoms with van der Waals surface area (Å²) >= 11 is 1.35. The monoisotopic (exact) mass is 317 g/mol. The van der Waals surface area contributed by atoms with Crippen LogP contribution in [0.25, 0.3) is 0 Å². The SMILES string of the molecule is Cc1cc(C)c(NC(=O)COC(=O)c2ccc(C)s2)c(C)c1. The van der Waals surface area contributed by atoms with Gasteiger partial charge in [-0.3, -0.25) is 4.79 Å². The van der Waals surface area contributed by atoms with E-state index in [2.05, 4.69) is 5.32 Å². The number of aryl methyl sites for hydroxylation is 4. The standard InChI is InChI=1S/C17H19NO3S/c1-10-7-11(2)16(12(3)8-10)18-15(19)9-21-17(20)14-6-5-13(4)22-14/h5-8H,9H2,1-4H3,(H,18,19). The third-order valence-electron chi connectivity index (χ3n) is 3.22. The van der Waals surface area contributed by atoms with Gasteiger partial charge in [-0.2, -0.15) is 0 Å². The molecule has 1 aromatic heterocycles. The van der Waals surface area contributed by atoms with Gasteiger partial charge in [0, 0.05) is 10.6 Å². The van der Waals surface area contributed by atoms with E-state index in [1.807, 2.05) is 45.9 Å². The average molecular weight is 317 g/mol. The molecule has 1 amide bonds. The molecule has 0 aliphatic heterocycles. The lowest BCUT2D eigenvalue weighted by Crippen LogP contribution is -2.21. The average Bonchev–Trinajstić information content (AvgIpc) is 2.87. The van der Waals surface area contributed by atoms with Crippen LogP contribution in [0.2, 0.25) is 0 Å². The third kappa shape index (κ3) is 3.95. The van der Waals surface area contributed by atoms with Crippen LogP contribution in [0.3, 0.4) is 0 Å². The van der Waals surface area contributed by atoms with Crippen LogP contribution >= 0.6 is 11.3 Å². The van der Waals surface area contributed by atoms with Crippen LogP contribution in [-0.4, -0.2) is 18.5 Å². The maximum absolute atomic E-state index is 12.0. The second-order valence-electron chi connectivity index (χ2n) is 5.31. The Morgan fingerprint density at radius 1 is 1.09 bits per heavy atom. The molecule has 2 rings (SSSR count). The van der Waals surface area contributed by atoms with E-state index in [0.717, 1.165) is 27.3 Å². The molecule has 0 spiro atoms. The van der Waals surface area contributed by atoms with Gasteiger partial charge in [0.05, 0.1) is 0 Å². The van der Waals surface area contributed by atoms with Crippen molar-refractivity contribution in [1.29, 1.82) is 0 Å². The van der Waals surface area contributed by atoms with Crippen molar-refractivity contribution >= 4 is 28.9 Å². The molecule has 116 valence electrons. The van der Waals surface area contributed by atoms with Crippen molar-refractivity contribution in [2.24, 2.45) is 0 Å². The largest absolute Gasteiger partial charge is 0.451 e. The van der Waals surface area contributed by atoms with Gasteiger partial charge >= 0.3 is 5.97 Å². The molecule has 0 aliphatic rings. The Labute approximate surface area is 134 Å². The zero-order chi connectivity index (χ0) is 16.3. The zero-order valence-electron chi connectivity index (χ0n) is 13.1. The molecule has 0 fully saturated rings. The van der Waals surface area contributed by atoms with Crippen LogP contribution in [0.5, 0.6) is 0 Å². The number of hydrogen-bond acceptors (Lipinski definition) is 4. The normalized spacial score (nSPS) is 10.4. The van der Waals surface area contributed by atoms with E-state index >= 15 is 0 Å². The molecule has 0 atom stereocenters. The number of anilines is 1. The van der Waals surface area contributed by atoms with Crippen molar-refractivity contribution in [1.82, 2.24) is 0 Å². The summed E-state index contributed by atoms with van der Waals surface area (Å²) in [5, 5.41) is 2.80. The first-order valence-electron chi connectivity index (χ1n) is 6.98. The highest BCUT2D eigenvalue weighted by atomic mass is 32.1. The number of nitrogens with one attached hydrogen (secondary N) is 1. The van der Waals surface area contributed by atoms with Crippen LogP contribution in [0, 0.1) is 27.7 Å². The van der Waals surface area contributed by atoms with Gasteiger partial charge in [-0.05, 0) is 51.0 Å². The first kappa shape index (κ1) is 16.2. The minimum Gasteiger partial charge on any atom is -0.451 e. The van der Waals surface area contributed by atoms with Crippen molar-refractivity contribution in [3.63, 3.8) is 0 Å². The molecule has 0 unspecified atom stereocenters. The molecule has 0 bridgehead atoms. The summed E-state index contributed by atoms with van der Waals surface area (Å²) in [6.07, 6.45) is 0. The minimum absolute atomic E-state index is 0.289. The lowest BCUT2D eigenvalue weighted by atomic mass is 10.1. The van der Waals surface area contributed by atoms with E-state index in [9.17, 15) is 9.59 Å². The van der Waals surface area contributed by atoms with Crippen LogP contribution in [-0.2, 0) is 9.53 Å². The minimum atomic E-state index is -0.467. The van der Waals surface area contributed by atoms with Crippen LogP contribution in [0.4, 0.5) is 5.69 Å². The molecular formula is C17H19NO3S. The van der Waals surface area contributed by atoms with Gasteiger partial charge in [-0.15, -0.1) is 11.3 Å². The number of benzene rings is 1. The molecule has 22 heavy (non-hydrogen) atoms. The molecule has 1 aromatic carbocycles. The summed E-state index contributed by atoms with van der Waals surface area (Å²) < 4.78 is 5.04. The maximum atomic E-state index is 12.0. The second kappa shape index (κ2) is 6.75. The Morgan fingerprint density at radius 2 is 1.73 bits per heavy atom. The van der Waals surface area contributed by atoms with Gasteiger partial charge in [0.15, 0.2) is 6.61 Å². The molecule has 1 heterocycles. The summed E-state index contributed by atoms with van der Waals surface area (Å²) in [6.45, 7) is 7.52. The number of rotatable bonds is 4. The number of carbonyl (C=O) groups excluding carboxylic acids is 2. The third-order valence-corrected chi connectivity index (χ3v) is 4.20. The van der Waals surface area contributed by atoms with Gasteiger partial charge in [0.1, 0.15) is 4.88 Å². The topological polar surface area (TPSA) is 55.4 Å². The number of ether oxygens (including phenoxy) is 1. The van der Waals surface area contributed by atoms with E-state index in [1.165, 1.54) is 11.3 Å². The predicted molar refractivity (Wildman–Crippen MR) is 88.6 cm³/mol. The molecular weight excluding hydrogens is 298 g/mol. The van der Waals surface area contributed by atoms with Gasteiger partial charge in [0.2, 0.25) is 0 Å². The Balaban J connectivity index is 1.95. The number of thiophene rings is 1. The van der Waals surface area contributed by atoms with Crippen LogP contribution in [0.1, 0.15) is 31.2 Å². The molecule has 0 saturated heterocycles. The van der Waals surface area contributed by atoms with Gasteiger partial charge in [0.25, 0.3) is 5.91 Å². The summed E-state index contributed by atoms with van der Waals surface area (Å²) in [5.41, 5.74) is 3.91.